The van der Waals surface area contributed by atoms with E-state index in [9.17, 15) is 0 Å². The Morgan fingerprint density at radius 3 is 3.11 bits per heavy atom. The van der Waals surface area contributed by atoms with Gasteiger partial charge in [0.2, 0.25) is 0 Å². The van der Waals surface area contributed by atoms with E-state index >= 15 is 0 Å². The first-order valence-electron chi connectivity index (χ1n) is 6.43. The Hall–Kier alpha value is -1.82. The molecule has 1 unspecified atom stereocenters. The normalized spacial score (nSPS) is 20.7. The van der Waals surface area contributed by atoms with Crippen molar-refractivity contribution >= 4 is 11.5 Å². The minimum atomic E-state index is 0.118. The van der Waals surface area contributed by atoms with Gasteiger partial charge in [-0.25, -0.2) is 0 Å². The van der Waals surface area contributed by atoms with Crippen molar-refractivity contribution in [3.63, 3.8) is 0 Å². The zero-order chi connectivity index (χ0) is 13.8. The van der Waals surface area contributed by atoms with Gasteiger partial charge < -0.3 is 20.7 Å². The first kappa shape index (κ1) is 13.6. The first-order valence-corrected chi connectivity index (χ1v) is 6.43. The van der Waals surface area contributed by atoms with E-state index in [0.29, 0.717) is 11.5 Å². The van der Waals surface area contributed by atoms with Crippen LogP contribution in [0.2, 0.25) is 0 Å². The average Bonchev–Trinajstić information content (AvgIpc) is 2.83. The number of anilines is 1. The van der Waals surface area contributed by atoms with Crippen molar-refractivity contribution in [3.8, 4) is 0 Å². The molecular formula is C13H21N5O. The summed E-state index contributed by atoms with van der Waals surface area (Å²) in [5.41, 5.74) is 7.31. The van der Waals surface area contributed by atoms with Gasteiger partial charge in [0.05, 0.1) is 11.9 Å². The number of amidine groups is 1. The van der Waals surface area contributed by atoms with Gasteiger partial charge in [0.15, 0.2) is 5.84 Å². The van der Waals surface area contributed by atoms with Gasteiger partial charge in [-0.15, -0.1) is 0 Å². The van der Waals surface area contributed by atoms with Gasteiger partial charge in [0.25, 0.3) is 0 Å². The topological polar surface area (TPSA) is 78.0 Å². The highest BCUT2D eigenvalue weighted by Crippen LogP contribution is 2.22. The third kappa shape index (κ3) is 3.14. The maximum Gasteiger partial charge on any atom is 0.172 e. The molecule has 1 aromatic rings. The first-order chi connectivity index (χ1) is 9.11. The van der Waals surface area contributed by atoms with E-state index in [1.54, 1.807) is 18.5 Å². The summed E-state index contributed by atoms with van der Waals surface area (Å²) in [6.45, 7) is 3.21. The third-order valence-corrected chi connectivity index (χ3v) is 3.62. The minimum absolute atomic E-state index is 0.118. The second-order valence-electron chi connectivity index (χ2n) is 5.18. The molecule has 104 valence electrons. The lowest BCUT2D eigenvalue weighted by molar-refractivity contribution is 0.318. The molecule has 0 saturated carbocycles. The number of nitrogens with two attached hydrogens (primary N) is 1. The molecule has 1 atom stereocenters. The Morgan fingerprint density at radius 1 is 1.68 bits per heavy atom. The highest BCUT2D eigenvalue weighted by atomic mass is 16.4. The molecule has 19 heavy (non-hydrogen) atoms. The number of hydrogen-bond donors (Lipinski definition) is 2. The summed E-state index contributed by atoms with van der Waals surface area (Å²) in [6, 6.07) is 1.77. The predicted molar refractivity (Wildman–Crippen MR) is 75.6 cm³/mol. The lowest BCUT2D eigenvalue weighted by atomic mass is 10.1. The quantitative estimate of drug-likeness (QED) is 0.359. The van der Waals surface area contributed by atoms with E-state index in [1.807, 2.05) is 7.05 Å². The van der Waals surface area contributed by atoms with Gasteiger partial charge in [-0.1, -0.05) is 5.16 Å². The summed E-state index contributed by atoms with van der Waals surface area (Å²) < 4.78 is 0. The molecule has 0 amide bonds. The maximum atomic E-state index is 8.83. The van der Waals surface area contributed by atoms with Crippen molar-refractivity contribution in [1.82, 2.24) is 9.88 Å². The van der Waals surface area contributed by atoms with Crippen molar-refractivity contribution in [2.24, 2.45) is 16.8 Å². The number of likely N-dealkylation sites (tertiary alicyclic amines) is 1. The Labute approximate surface area is 113 Å². The Bertz CT molecular complexity index is 462. The van der Waals surface area contributed by atoms with Crippen LogP contribution in [0.25, 0.3) is 0 Å². The van der Waals surface area contributed by atoms with Crippen LogP contribution in [-0.4, -0.2) is 54.7 Å². The summed E-state index contributed by atoms with van der Waals surface area (Å²) >= 11 is 0. The van der Waals surface area contributed by atoms with Gasteiger partial charge in [-0.3, -0.25) is 4.98 Å². The fourth-order valence-electron chi connectivity index (χ4n) is 2.62. The Kier molecular flexibility index (Phi) is 4.21. The lowest BCUT2D eigenvalue weighted by Gasteiger charge is -2.24. The largest absolute Gasteiger partial charge is 0.409 e. The smallest absolute Gasteiger partial charge is 0.172 e. The average molecular weight is 263 g/mol. The van der Waals surface area contributed by atoms with Crippen molar-refractivity contribution in [2.75, 3.05) is 38.6 Å². The second-order valence-corrected chi connectivity index (χ2v) is 5.18. The van der Waals surface area contributed by atoms with Crippen molar-refractivity contribution in [2.45, 2.75) is 6.42 Å². The summed E-state index contributed by atoms with van der Waals surface area (Å²) in [5, 5.41) is 11.9. The highest BCUT2D eigenvalue weighted by molar-refractivity contribution is 6.01. The molecule has 1 aliphatic rings. The molecule has 0 radical (unpaired) electrons. The van der Waals surface area contributed by atoms with E-state index in [4.69, 9.17) is 10.9 Å². The summed E-state index contributed by atoms with van der Waals surface area (Å²) in [6.07, 6.45) is 4.61. The number of nitrogens with zero attached hydrogens (tertiary/aromatic N) is 4. The SMILES string of the molecule is CN1CCC(CN(C)c2cnccc2/C(N)=N/O)C1. The standard InChI is InChI=1S/C13H21N5O/c1-17-6-4-10(8-17)9-18(2)12-7-15-5-3-11(12)13(14)16-19/h3,5,7,10,19H,4,6,8-9H2,1-2H3,(H2,14,16). The number of rotatable bonds is 4. The number of hydrogen-bond acceptors (Lipinski definition) is 5. The number of aromatic nitrogens is 1. The van der Waals surface area contributed by atoms with Crippen LogP contribution in [0.1, 0.15) is 12.0 Å². The van der Waals surface area contributed by atoms with E-state index in [-0.39, 0.29) is 5.84 Å². The van der Waals surface area contributed by atoms with Crippen LogP contribution in [0.4, 0.5) is 5.69 Å². The van der Waals surface area contributed by atoms with Crippen LogP contribution in [0.5, 0.6) is 0 Å². The van der Waals surface area contributed by atoms with E-state index in [2.05, 4.69) is 27.0 Å². The molecule has 1 aliphatic heterocycles. The molecule has 2 rings (SSSR count). The molecule has 0 spiro atoms. The second kappa shape index (κ2) is 5.88. The predicted octanol–water partition coefficient (Wildman–Crippen LogP) is 0.564. The molecule has 1 fully saturated rings. The van der Waals surface area contributed by atoms with E-state index in [0.717, 1.165) is 25.3 Å². The number of pyridine rings is 1. The van der Waals surface area contributed by atoms with Crippen LogP contribution in [0.15, 0.2) is 23.6 Å². The van der Waals surface area contributed by atoms with Crippen LogP contribution >= 0.6 is 0 Å². The van der Waals surface area contributed by atoms with E-state index < -0.39 is 0 Å². The monoisotopic (exact) mass is 263 g/mol. The molecule has 0 aromatic carbocycles. The van der Waals surface area contributed by atoms with Gasteiger partial charge in [-0.2, -0.15) is 0 Å². The summed E-state index contributed by atoms with van der Waals surface area (Å²) in [4.78, 5) is 8.60. The molecular weight excluding hydrogens is 242 g/mol. The van der Waals surface area contributed by atoms with Gasteiger partial charge in [0, 0.05) is 31.9 Å². The molecule has 3 N–H and O–H groups in total. The van der Waals surface area contributed by atoms with Crippen LogP contribution in [0.3, 0.4) is 0 Å². The van der Waals surface area contributed by atoms with E-state index in [1.165, 1.54) is 6.42 Å². The zero-order valence-corrected chi connectivity index (χ0v) is 11.5. The summed E-state index contributed by atoms with van der Waals surface area (Å²) in [7, 11) is 4.16. The molecule has 2 heterocycles. The lowest BCUT2D eigenvalue weighted by Crippen LogP contribution is -2.29. The van der Waals surface area contributed by atoms with Crippen LogP contribution in [-0.2, 0) is 0 Å². The third-order valence-electron chi connectivity index (χ3n) is 3.62. The van der Waals surface area contributed by atoms with Crippen molar-refractivity contribution in [1.29, 1.82) is 0 Å². The van der Waals surface area contributed by atoms with Crippen molar-refractivity contribution in [3.05, 3.63) is 24.0 Å². The van der Waals surface area contributed by atoms with Gasteiger partial charge >= 0.3 is 0 Å². The fourth-order valence-corrected chi connectivity index (χ4v) is 2.62. The molecule has 0 aliphatic carbocycles. The molecule has 6 nitrogen and oxygen atoms in total. The van der Waals surface area contributed by atoms with Gasteiger partial charge in [-0.05, 0) is 32.0 Å². The zero-order valence-electron chi connectivity index (χ0n) is 11.5. The highest BCUT2D eigenvalue weighted by Gasteiger charge is 2.22. The molecule has 1 saturated heterocycles. The molecule has 6 heteroatoms. The fraction of sp³-hybridized carbons (Fsp3) is 0.538. The maximum absolute atomic E-state index is 8.83. The minimum Gasteiger partial charge on any atom is -0.409 e. The van der Waals surface area contributed by atoms with Crippen molar-refractivity contribution < 1.29 is 5.21 Å². The number of oxime groups is 1. The van der Waals surface area contributed by atoms with Crippen LogP contribution < -0.4 is 10.6 Å². The van der Waals surface area contributed by atoms with Gasteiger partial charge in [0.1, 0.15) is 0 Å². The van der Waals surface area contributed by atoms with Crippen LogP contribution in [0, 0.1) is 5.92 Å². The summed E-state index contributed by atoms with van der Waals surface area (Å²) in [5.74, 6) is 0.767. The Morgan fingerprint density at radius 2 is 2.47 bits per heavy atom. The molecule has 0 bridgehead atoms. The molecule has 1 aromatic heterocycles. The Balaban J connectivity index is 2.12.